The molecule has 0 bridgehead atoms. The van der Waals surface area contributed by atoms with Gasteiger partial charge in [-0.05, 0) is 23.3 Å². The van der Waals surface area contributed by atoms with Crippen molar-refractivity contribution >= 4 is 34.4 Å². The monoisotopic (exact) mass is 386 g/mol. The molecule has 27 heavy (non-hydrogen) atoms. The Hall–Kier alpha value is -2.99. The molecule has 6 nitrogen and oxygen atoms in total. The van der Waals surface area contributed by atoms with Crippen LogP contribution < -0.4 is 10.1 Å². The maximum Gasteiger partial charge on any atom is 0.326 e. The van der Waals surface area contributed by atoms with E-state index in [-0.39, 0.29) is 12.3 Å². The van der Waals surface area contributed by atoms with Crippen LogP contribution in [0.25, 0.3) is 10.9 Å². The Morgan fingerprint density at radius 2 is 1.96 bits per heavy atom. The molecule has 2 aromatic carbocycles. The zero-order valence-electron chi connectivity index (χ0n) is 14.4. The fraction of sp³-hybridized carbons (Fsp3) is 0.200. The normalized spacial score (nSPS) is 11.9. The second-order valence-electron chi connectivity index (χ2n) is 6.09. The summed E-state index contributed by atoms with van der Waals surface area (Å²) in [6, 6.07) is 14.4. The SMILES string of the molecule is O=C(CCl)N[C@@H](Cc1c[nH]c2cc(OCc3ccccc3)ccc12)C(=O)O. The third kappa shape index (κ3) is 4.80. The van der Waals surface area contributed by atoms with E-state index in [2.05, 4.69) is 10.3 Å². The van der Waals surface area contributed by atoms with Gasteiger partial charge in [0, 0.05) is 29.6 Å². The molecular weight excluding hydrogens is 368 g/mol. The molecule has 1 heterocycles. The summed E-state index contributed by atoms with van der Waals surface area (Å²) < 4.78 is 5.81. The predicted octanol–water partition coefficient (Wildman–Crippen LogP) is 3.10. The number of nitrogens with one attached hydrogen (secondary N) is 2. The second kappa shape index (κ2) is 8.60. The average molecular weight is 387 g/mol. The largest absolute Gasteiger partial charge is 0.489 e. The van der Waals surface area contributed by atoms with Gasteiger partial charge in [0.1, 0.15) is 24.3 Å². The summed E-state index contributed by atoms with van der Waals surface area (Å²) in [6.07, 6.45) is 1.90. The van der Waals surface area contributed by atoms with Gasteiger partial charge in [0.05, 0.1) is 0 Å². The molecule has 140 valence electrons. The Bertz CT molecular complexity index is 940. The van der Waals surface area contributed by atoms with Crippen LogP contribution in [0.15, 0.2) is 54.7 Å². The molecule has 1 amide bonds. The number of alkyl halides is 1. The number of aromatic amines is 1. The predicted molar refractivity (Wildman–Crippen MR) is 103 cm³/mol. The number of carbonyl (C=O) groups excluding carboxylic acids is 1. The second-order valence-corrected chi connectivity index (χ2v) is 6.36. The van der Waals surface area contributed by atoms with E-state index in [4.69, 9.17) is 16.3 Å². The first kappa shape index (κ1) is 18.8. The summed E-state index contributed by atoms with van der Waals surface area (Å²) in [5.41, 5.74) is 2.70. The summed E-state index contributed by atoms with van der Waals surface area (Å²) in [4.78, 5) is 25.9. The van der Waals surface area contributed by atoms with Crippen LogP contribution in [0.4, 0.5) is 0 Å². The third-order valence-corrected chi connectivity index (χ3v) is 4.41. The Kier molecular flexibility index (Phi) is 5.98. The number of ether oxygens (including phenoxy) is 1. The molecule has 0 spiro atoms. The molecule has 0 radical (unpaired) electrons. The maximum absolute atomic E-state index is 11.4. The minimum Gasteiger partial charge on any atom is -0.489 e. The highest BCUT2D eigenvalue weighted by Crippen LogP contribution is 2.25. The Labute approximate surface area is 161 Å². The van der Waals surface area contributed by atoms with Gasteiger partial charge >= 0.3 is 5.97 Å². The van der Waals surface area contributed by atoms with E-state index < -0.39 is 17.9 Å². The minimum atomic E-state index is -1.11. The van der Waals surface area contributed by atoms with E-state index in [0.717, 1.165) is 22.0 Å². The lowest BCUT2D eigenvalue weighted by Crippen LogP contribution is -2.42. The smallest absolute Gasteiger partial charge is 0.326 e. The molecule has 3 N–H and O–H groups in total. The van der Waals surface area contributed by atoms with Gasteiger partial charge in [-0.15, -0.1) is 11.6 Å². The van der Waals surface area contributed by atoms with Crippen molar-refractivity contribution in [3.63, 3.8) is 0 Å². The van der Waals surface area contributed by atoms with Crippen LogP contribution in [-0.2, 0) is 22.6 Å². The molecule has 1 aromatic heterocycles. The zero-order valence-corrected chi connectivity index (χ0v) is 15.2. The highest BCUT2D eigenvalue weighted by Gasteiger charge is 2.21. The van der Waals surface area contributed by atoms with Gasteiger partial charge in [-0.3, -0.25) is 4.79 Å². The molecule has 7 heteroatoms. The number of hydrogen-bond donors (Lipinski definition) is 3. The number of rotatable bonds is 8. The van der Waals surface area contributed by atoms with Crippen LogP contribution in [0.1, 0.15) is 11.1 Å². The van der Waals surface area contributed by atoms with Crippen molar-refractivity contribution in [1.82, 2.24) is 10.3 Å². The Morgan fingerprint density at radius 1 is 1.19 bits per heavy atom. The van der Waals surface area contributed by atoms with E-state index in [0.29, 0.717) is 12.4 Å². The highest BCUT2D eigenvalue weighted by atomic mass is 35.5. The van der Waals surface area contributed by atoms with E-state index >= 15 is 0 Å². The number of benzene rings is 2. The summed E-state index contributed by atoms with van der Waals surface area (Å²) in [6.45, 7) is 0.464. The van der Waals surface area contributed by atoms with Crippen LogP contribution in [-0.4, -0.2) is 33.9 Å². The molecule has 0 aliphatic carbocycles. The number of carbonyl (C=O) groups is 2. The summed E-state index contributed by atoms with van der Waals surface area (Å²) in [5.74, 6) is -1.18. The van der Waals surface area contributed by atoms with E-state index in [1.165, 1.54) is 0 Å². The molecule has 0 saturated heterocycles. The topological polar surface area (TPSA) is 91.4 Å². The minimum absolute atomic E-state index is 0.155. The molecule has 0 fully saturated rings. The zero-order chi connectivity index (χ0) is 19.2. The fourth-order valence-electron chi connectivity index (χ4n) is 2.82. The number of aliphatic carboxylic acids is 1. The van der Waals surface area contributed by atoms with Gasteiger partial charge in [-0.1, -0.05) is 30.3 Å². The van der Waals surface area contributed by atoms with Crippen LogP contribution in [0.5, 0.6) is 5.75 Å². The van der Waals surface area contributed by atoms with Crippen LogP contribution in [0, 0.1) is 0 Å². The number of fused-ring (bicyclic) bond motifs is 1. The van der Waals surface area contributed by atoms with Gasteiger partial charge in [0.15, 0.2) is 0 Å². The molecule has 3 aromatic rings. The lowest BCUT2D eigenvalue weighted by molar-refractivity contribution is -0.141. The van der Waals surface area contributed by atoms with Crippen molar-refractivity contribution in [2.45, 2.75) is 19.1 Å². The molecule has 0 saturated carbocycles. The Morgan fingerprint density at radius 3 is 2.67 bits per heavy atom. The number of amides is 1. The van der Waals surface area contributed by atoms with Gasteiger partial charge in [0.25, 0.3) is 0 Å². The van der Waals surface area contributed by atoms with E-state index in [9.17, 15) is 14.7 Å². The van der Waals surface area contributed by atoms with E-state index in [1.54, 1.807) is 6.20 Å². The van der Waals surface area contributed by atoms with Crippen LogP contribution >= 0.6 is 11.6 Å². The van der Waals surface area contributed by atoms with Crippen molar-refractivity contribution in [3.8, 4) is 5.75 Å². The van der Waals surface area contributed by atoms with Crippen LogP contribution in [0.3, 0.4) is 0 Å². The number of aromatic nitrogens is 1. The summed E-state index contributed by atoms with van der Waals surface area (Å²) >= 11 is 5.44. The van der Waals surface area contributed by atoms with Gasteiger partial charge in [-0.25, -0.2) is 4.79 Å². The number of carboxylic acids is 1. The fourth-order valence-corrected chi connectivity index (χ4v) is 2.90. The summed E-state index contributed by atoms with van der Waals surface area (Å²) in [7, 11) is 0. The van der Waals surface area contributed by atoms with Gasteiger partial charge in [0.2, 0.25) is 5.91 Å². The van der Waals surface area contributed by atoms with Gasteiger partial charge in [-0.2, -0.15) is 0 Å². The first-order chi connectivity index (χ1) is 13.1. The number of carboxylic acid groups (broad SMARTS) is 1. The molecule has 3 rings (SSSR count). The average Bonchev–Trinajstić information content (AvgIpc) is 3.08. The lowest BCUT2D eigenvalue weighted by Gasteiger charge is -2.13. The van der Waals surface area contributed by atoms with E-state index in [1.807, 2.05) is 48.5 Å². The molecule has 1 atom stereocenters. The van der Waals surface area contributed by atoms with Crippen molar-refractivity contribution in [2.24, 2.45) is 0 Å². The maximum atomic E-state index is 11.4. The molecule has 0 unspecified atom stereocenters. The summed E-state index contributed by atoms with van der Waals surface area (Å²) in [5, 5.41) is 12.6. The first-order valence-electron chi connectivity index (χ1n) is 8.41. The van der Waals surface area contributed by atoms with Crippen molar-refractivity contribution in [1.29, 1.82) is 0 Å². The lowest BCUT2D eigenvalue weighted by atomic mass is 10.0. The number of hydrogen-bond acceptors (Lipinski definition) is 3. The van der Waals surface area contributed by atoms with Gasteiger partial charge < -0.3 is 20.1 Å². The molecule has 0 aliphatic rings. The quantitative estimate of drug-likeness (QED) is 0.519. The number of H-pyrrole nitrogens is 1. The highest BCUT2D eigenvalue weighted by molar-refractivity contribution is 6.27. The first-order valence-corrected chi connectivity index (χ1v) is 8.95. The number of halogens is 1. The Balaban J connectivity index is 1.72. The van der Waals surface area contributed by atoms with Crippen LogP contribution in [0.2, 0.25) is 0 Å². The molecule has 0 aliphatic heterocycles. The van der Waals surface area contributed by atoms with Crippen molar-refractivity contribution < 1.29 is 19.4 Å². The third-order valence-electron chi connectivity index (χ3n) is 4.17. The van der Waals surface area contributed by atoms with Crippen molar-refractivity contribution in [3.05, 3.63) is 65.9 Å². The molecular formula is C20H19ClN2O4. The van der Waals surface area contributed by atoms with Crippen molar-refractivity contribution in [2.75, 3.05) is 5.88 Å². The standard InChI is InChI=1S/C20H19ClN2O4/c21-10-19(24)23-18(20(25)26)8-14-11-22-17-9-15(6-7-16(14)17)27-12-13-4-2-1-3-5-13/h1-7,9,11,18,22H,8,10,12H2,(H,23,24)(H,25,26)/t18-/m0/s1.